The molecule has 0 aliphatic carbocycles. The van der Waals surface area contributed by atoms with Crippen molar-refractivity contribution in [1.82, 2.24) is 9.80 Å². The first kappa shape index (κ1) is 16.9. The van der Waals surface area contributed by atoms with Crippen LogP contribution in [0.5, 0.6) is 0 Å². The van der Waals surface area contributed by atoms with Crippen LogP contribution in [0.15, 0.2) is 24.3 Å². The zero-order valence-electron chi connectivity index (χ0n) is 13.2. The molecule has 0 radical (unpaired) electrons. The van der Waals surface area contributed by atoms with Crippen molar-refractivity contribution < 1.29 is 13.9 Å². The highest BCUT2D eigenvalue weighted by atomic mass is 19.1. The lowest BCUT2D eigenvalue weighted by Crippen LogP contribution is -2.55. The number of ether oxygens (including phenoxy) is 1. The number of hydrogen-bond donors (Lipinski definition) is 1. The molecule has 22 heavy (non-hydrogen) atoms. The summed E-state index contributed by atoms with van der Waals surface area (Å²) in [5.41, 5.74) is 6.33. The summed E-state index contributed by atoms with van der Waals surface area (Å²) in [7, 11) is 1.69. The lowest BCUT2D eigenvalue weighted by Gasteiger charge is -2.42. The molecule has 1 aromatic rings. The summed E-state index contributed by atoms with van der Waals surface area (Å²) in [6.07, 6.45) is 0. The van der Waals surface area contributed by atoms with Crippen LogP contribution in [0.3, 0.4) is 0 Å². The van der Waals surface area contributed by atoms with E-state index in [1.165, 1.54) is 12.1 Å². The highest BCUT2D eigenvalue weighted by Crippen LogP contribution is 2.24. The summed E-state index contributed by atoms with van der Waals surface area (Å²) in [6.45, 7) is 6.05. The molecular formula is C16H24FN3O2. The van der Waals surface area contributed by atoms with E-state index in [0.717, 1.165) is 31.7 Å². The Bertz CT molecular complexity index is 495. The van der Waals surface area contributed by atoms with Gasteiger partial charge in [0.2, 0.25) is 5.91 Å². The van der Waals surface area contributed by atoms with Crippen molar-refractivity contribution in [1.29, 1.82) is 0 Å². The van der Waals surface area contributed by atoms with Crippen LogP contribution < -0.4 is 5.73 Å². The van der Waals surface area contributed by atoms with Crippen LogP contribution >= 0.6 is 0 Å². The number of hydrogen-bond acceptors (Lipinski definition) is 4. The third-order valence-corrected chi connectivity index (χ3v) is 4.20. The zero-order chi connectivity index (χ0) is 16.1. The maximum Gasteiger partial charge on any atom is 0.239 e. The number of nitrogens with two attached hydrogens (primary N) is 1. The van der Waals surface area contributed by atoms with Gasteiger partial charge in [-0.2, -0.15) is 0 Å². The largest absolute Gasteiger partial charge is 0.383 e. The van der Waals surface area contributed by atoms with E-state index in [1.807, 2.05) is 0 Å². The predicted octanol–water partition coefficient (Wildman–Crippen LogP) is 1.00. The average Bonchev–Trinajstić information content (AvgIpc) is 2.48. The highest BCUT2D eigenvalue weighted by molar-refractivity contribution is 5.81. The number of piperazine rings is 1. The first-order valence-corrected chi connectivity index (χ1v) is 7.54. The quantitative estimate of drug-likeness (QED) is 0.852. The molecule has 1 aliphatic heterocycles. The van der Waals surface area contributed by atoms with Gasteiger partial charge in [-0.1, -0.05) is 12.1 Å². The molecule has 0 bridgehead atoms. The average molecular weight is 309 g/mol. The second-order valence-corrected chi connectivity index (χ2v) is 5.73. The first-order chi connectivity index (χ1) is 10.5. The van der Waals surface area contributed by atoms with Crippen molar-refractivity contribution in [2.75, 3.05) is 39.9 Å². The Morgan fingerprint density at radius 2 is 2.09 bits per heavy atom. The normalized spacial score (nSPS) is 21.7. The van der Waals surface area contributed by atoms with Gasteiger partial charge in [0.15, 0.2) is 0 Å². The van der Waals surface area contributed by atoms with Gasteiger partial charge >= 0.3 is 0 Å². The Morgan fingerprint density at radius 1 is 1.41 bits per heavy atom. The molecule has 1 saturated heterocycles. The summed E-state index contributed by atoms with van der Waals surface area (Å²) in [6, 6.07) is 5.80. The molecule has 1 amide bonds. The van der Waals surface area contributed by atoms with E-state index < -0.39 is 11.9 Å². The monoisotopic (exact) mass is 309 g/mol. The van der Waals surface area contributed by atoms with Crippen molar-refractivity contribution in [3.8, 4) is 0 Å². The summed E-state index contributed by atoms with van der Waals surface area (Å²) in [4.78, 5) is 16.3. The number of halogens is 1. The van der Waals surface area contributed by atoms with E-state index in [9.17, 15) is 9.18 Å². The fraction of sp³-hybridized carbons (Fsp3) is 0.562. The molecule has 2 N–H and O–H groups in total. The second-order valence-electron chi connectivity index (χ2n) is 5.73. The maximum atomic E-state index is 13.1. The third-order valence-electron chi connectivity index (χ3n) is 4.20. The Morgan fingerprint density at radius 3 is 2.64 bits per heavy atom. The molecule has 2 rings (SSSR count). The van der Waals surface area contributed by atoms with Crippen LogP contribution in [0.2, 0.25) is 0 Å². The topological polar surface area (TPSA) is 58.8 Å². The van der Waals surface area contributed by atoms with Gasteiger partial charge in [-0.15, -0.1) is 0 Å². The molecule has 0 saturated carbocycles. The molecular weight excluding hydrogens is 285 g/mol. The van der Waals surface area contributed by atoms with Crippen LogP contribution in [0.4, 0.5) is 4.39 Å². The van der Waals surface area contributed by atoms with Crippen molar-refractivity contribution in [3.05, 3.63) is 35.6 Å². The zero-order valence-corrected chi connectivity index (χ0v) is 13.2. The Hall–Kier alpha value is -1.50. The molecule has 0 aromatic heterocycles. The number of amides is 1. The molecule has 122 valence electrons. The van der Waals surface area contributed by atoms with Gasteiger partial charge < -0.3 is 10.5 Å². The number of methoxy groups -OCH3 is 1. The molecule has 2 atom stereocenters. The number of nitrogens with zero attached hydrogens (tertiary/aromatic N) is 2. The molecule has 5 nitrogen and oxygen atoms in total. The minimum absolute atomic E-state index is 0.311. The lowest BCUT2D eigenvalue weighted by atomic mass is 10.0. The minimum atomic E-state index is -0.507. The van der Waals surface area contributed by atoms with Crippen molar-refractivity contribution >= 4 is 5.91 Å². The van der Waals surface area contributed by atoms with E-state index in [0.29, 0.717) is 12.6 Å². The predicted molar refractivity (Wildman–Crippen MR) is 82.8 cm³/mol. The van der Waals surface area contributed by atoms with Gasteiger partial charge in [-0.3, -0.25) is 14.6 Å². The maximum absolute atomic E-state index is 13.1. The third kappa shape index (κ3) is 4.03. The fourth-order valence-electron chi connectivity index (χ4n) is 3.00. The summed E-state index contributed by atoms with van der Waals surface area (Å²) in [5, 5.41) is 0. The van der Waals surface area contributed by atoms with Crippen LogP contribution in [0, 0.1) is 5.82 Å². The fourth-order valence-corrected chi connectivity index (χ4v) is 3.00. The van der Waals surface area contributed by atoms with E-state index in [2.05, 4.69) is 16.7 Å². The van der Waals surface area contributed by atoms with Crippen LogP contribution in [-0.4, -0.2) is 61.6 Å². The number of rotatable bonds is 6. The van der Waals surface area contributed by atoms with Gasteiger partial charge in [0.1, 0.15) is 11.9 Å². The Kier molecular flexibility index (Phi) is 5.88. The number of carbonyl (C=O) groups excluding carboxylic acids is 1. The number of benzene rings is 1. The van der Waals surface area contributed by atoms with Gasteiger partial charge in [0.05, 0.1) is 6.61 Å². The molecule has 0 spiro atoms. The van der Waals surface area contributed by atoms with Crippen LogP contribution in [-0.2, 0) is 9.53 Å². The van der Waals surface area contributed by atoms with E-state index in [4.69, 9.17) is 10.5 Å². The standard InChI is InChI=1S/C16H24FN3O2/c1-12-11-20(8-7-19(12)9-10-22-2)15(16(18)21)13-3-5-14(17)6-4-13/h3-6,12,15H,7-11H2,1-2H3,(H2,18,21)/t12-,15+/m1/s1. The molecule has 1 fully saturated rings. The van der Waals surface area contributed by atoms with E-state index in [-0.39, 0.29) is 5.82 Å². The van der Waals surface area contributed by atoms with Crippen molar-refractivity contribution in [3.63, 3.8) is 0 Å². The van der Waals surface area contributed by atoms with Gasteiger partial charge in [0, 0.05) is 39.3 Å². The molecule has 1 aromatic carbocycles. The first-order valence-electron chi connectivity index (χ1n) is 7.54. The second kappa shape index (κ2) is 7.67. The summed E-state index contributed by atoms with van der Waals surface area (Å²) in [5.74, 6) is -0.714. The van der Waals surface area contributed by atoms with Crippen molar-refractivity contribution in [2.45, 2.75) is 19.0 Å². The van der Waals surface area contributed by atoms with Gasteiger partial charge in [-0.05, 0) is 24.6 Å². The molecule has 6 heteroatoms. The van der Waals surface area contributed by atoms with Gasteiger partial charge in [-0.25, -0.2) is 4.39 Å². The van der Waals surface area contributed by atoms with E-state index in [1.54, 1.807) is 19.2 Å². The van der Waals surface area contributed by atoms with Crippen LogP contribution in [0.1, 0.15) is 18.5 Å². The number of carbonyl (C=O) groups is 1. The number of primary amides is 1. The Balaban J connectivity index is 2.08. The van der Waals surface area contributed by atoms with E-state index >= 15 is 0 Å². The molecule has 1 heterocycles. The lowest BCUT2D eigenvalue weighted by molar-refractivity contribution is -0.124. The highest BCUT2D eigenvalue weighted by Gasteiger charge is 2.31. The minimum Gasteiger partial charge on any atom is -0.383 e. The summed E-state index contributed by atoms with van der Waals surface area (Å²) >= 11 is 0. The Labute approximate surface area is 130 Å². The van der Waals surface area contributed by atoms with Crippen LogP contribution in [0.25, 0.3) is 0 Å². The van der Waals surface area contributed by atoms with Gasteiger partial charge in [0.25, 0.3) is 0 Å². The smallest absolute Gasteiger partial charge is 0.239 e. The SMILES string of the molecule is COCCN1CCN([C@H](C(N)=O)c2ccc(F)cc2)C[C@H]1C. The molecule has 1 aliphatic rings. The summed E-state index contributed by atoms with van der Waals surface area (Å²) < 4.78 is 18.2. The molecule has 0 unspecified atom stereocenters. The van der Waals surface area contributed by atoms with Crippen molar-refractivity contribution in [2.24, 2.45) is 5.73 Å².